The monoisotopic (exact) mass is 603 g/mol. The van der Waals surface area contributed by atoms with E-state index in [2.05, 4.69) is 5.32 Å². The standard InChI is InChI=1S/C30H35Cl2N3O4S/c1-6-27(30(37)33-20(2)3)34(18-23-14-15-24(31)17-26(23)32)29(36)19-35(28-16-21(4)12-13-22(28)5)40(38,39)25-10-8-7-9-11-25/h7-17,20,27H,6,18-19H2,1-5H3,(H,33,37)/t27-/m1/s1. The third kappa shape index (κ3) is 7.56. The Labute approximate surface area is 247 Å². The molecule has 0 saturated carbocycles. The smallest absolute Gasteiger partial charge is 0.264 e. The molecule has 214 valence electrons. The van der Waals surface area contributed by atoms with E-state index in [0.717, 1.165) is 9.87 Å². The lowest BCUT2D eigenvalue weighted by Gasteiger charge is -2.34. The fraction of sp³-hybridized carbons (Fsp3) is 0.333. The molecule has 0 aliphatic heterocycles. The number of carbonyl (C=O) groups excluding carboxylic acids is 2. The molecule has 1 N–H and O–H groups in total. The number of benzene rings is 3. The van der Waals surface area contributed by atoms with E-state index in [1.165, 1.54) is 17.0 Å². The normalized spacial score (nSPS) is 12.2. The molecule has 2 amide bonds. The van der Waals surface area contributed by atoms with E-state index >= 15 is 0 Å². The zero-order valence-corrected chi connectivity index (χ0v) is 25.6. The lowest BCUT2D eigenvalue weighted by Crippen LogP contribution is -2.53. The van der Waals surface area contributed by atoms with Gasteiger partial charge in [0.2, 0.25) is 11.8 Å². The fourth-order valence-electron chi connectivity index (χ4n) is 4.35. The third-order valence-corrected chi connectivity index (χ3v) is 8.78. The van der Waals surface area contributed by atoms with Crippen LogP contribution in [-0.2, 0) is 26.2 Å². The molecule has 0 aromatic heterocycles. The topological polar surface area (TPSA) is 86.8 Å². The minimum absolute atomic E-state index is 0.00905. The molecular weight excluding hydrogens is 569 g/mol. The number of sulfonamides is 1. The maximum absolute atomic E-state index is 14.1. The van der Waals surface area contributed by atoms with Crippen LogP contribution in [0.5, 0.6) is 0 Å². The Bertz CT molecular complexity index is 1460. The number of hydrogen-bond donors (Lipinski definition) is 1. The Balaban J connectivity index is 2.12. The average Bonchev–Trinajstić information content (AvgIpc) is 2.89. The van der Waals surface area contributed by atoms with Gasteiger partial charge in [-0.25, -0.2) is 8.42 Å². The summed E-state index contributed by atoms with van der Waals surface area (Å²) in [5.41, 5.74) is 2.50. The van der Waals surface area contributed by atoms with Crippen LogP contribution in [0.25, 0.3) is 0 Å². The summed E-state index contributed by atoms with van der Waals surface area (Å²) in [5, 5.41) is 3.65. The van der Waals surface area contributed by atoms with Crippen molar-refractivity contribution in [3.63, 3.8) is 0 Å². The van der Waals surface area contributed by atoms with Crippen molar-refractivity contribution in [2.24, 2.45) is 0 Å². The van der Waals surface area contributed by atoms with Crippen molar-refractivity contribution in [1.29, 1.82) is 0 Å². The van der Waals surface area contributed by atoms with Crippen LogP contribution < -0.4 is 9.62 Å². The van der Waals surface area contributed by atoms with E-state index in [-0.39, 0.29) is 23.4 Å². The van der Waals surface area contributed by atoms with E-state index in [4.69, 9.17) is 23.2 Å². The van der Waals surface area contributed by atoms with E-state index in [9.17, 15) is 18.0 Å². The van der Waals surface area contributed by atoms with Gasteiger partial charge >= 0.3 is 0 Å². The van der Waals surface area contributed by atoms with Gasteiger partial charge in [0, 0.05) is 22.6 Å². The Morgan fingerprint density at radius 2 is 1.62 bits per heavy atom. The van der Waals surface area contributed by atoms with Crippen LogP contribution in [0.3, 0.4) is 0 Å². The molecule has 0 aliphatic carbocycles. The van der Waals surface area contributed by atoms with Gasteiger partial charge < -0.3 is 10.2 Å². The third-order valence-electron chi connectivity index (χ3n) is 6.42. The predicted molar refractivity (Wildman–Crippen MR) is 161 cm³/mol. The van der Waals surface area contributed by atoms with E-state index < -0.39 is 28.5 Å². The molecule has 0 unspecified atom stereocenters. The van der Waals surface area contributed by atoms with Crippen LogP contribution >= 0.6 is 23.2 Å². The largest absolute Gasteiger partial charge is 0.352 e. The molecule has 7 nitrogen and oxygen atoms in total. The fourth-order valence-corrected chi connectivity index (χ4v) is 6.31. The number of rotatable bonds is 11. The molecule has 1 atom stereocenters. The molecule has 3 aromatic rings. The van der Waals surface area contributed by atoms with Crippen LogP contribution in [0.15, 0.2) is 71.6 Å². The van der Waals surface area contributed by atoms with E-state index in [0.29, 0.717) is 33.3 Å². The maximum atomic E-state index is 14.1. The molecule has 0 spiro atoms. The van der Waals surface area contributed by atoms with Gasteiger partial charge in [-0.15, -0.1) is 0 Å². The maximum Gasteiger partial charge on any atom is 0.264 e. The van der Waals surface area contributed by atoms with Gasteiger partial charge in [0.25, 0.3) is 10.0 Å². The number of nitrogens with one attached hydrogen (secondary N) is 1. The zero-order chi connectivity index (χ0) is 29.6. The van der Waals surface area contributed by atoms with Gasteiger partial charge in [0.1, 0.15) is 12.6 Å². The molecule has 0 bridgehead atoms. The van der Waals surface area contributed by atoms with Crippen molar-refractivity contribution in [2.45, 2.75) is 64.6 Å². The molecule has 0 fully saturated rings. The van der Waals surface area contributed by atoms with Gasteiger partial charge in [-0.2, -0.15) is 0 Å². The van der Waals surface area contributed by atoms with Crippen molar-refractivity contribution >= 4 is 50.7 Å². The van der Waals surface area contributed by atoms with Gasteiger partial charge in [-0.05, 0) is 81.1 Å². The second kappa shape index (κ2) is 13.5. The Morgan fingerprint density at radius 3 is 2.23 bits per heavy atom. The molecule has 40 heavy (non-hydrogen) atoms. The predicted octanol–water partition coefficient (Wildman–Crippen LogP) is 6.14. The quantitative estimate of drug-likeness (QED) is 0.285. The molecule has 3 aromatic carbocycles. The second-order valence-corrected chi connectivity index (χ2v) is 12.7. The van der Waals surface area contributed by atoms with Crippen molar-refractivity contribution in [1.82, 2.24) is 10.2 Å². The van der Waals surface area contributed by atoms with E-state index in [1.807, 2.05) is 32.9 Å². The van der Waals surface area contributed by atoms with Crippen LogP contribution in [-0.4, -0.2) is 43.8 Å². The number of amides is 2. The summed E-state index contributed by atoms with van der Waals surface area (Å²) < 4.78 is 29.0. The van der Waals surface area contributed by atoms with Crippen LogP contribution in [0.4, 0.5) is 5.69 Å². The SMILES string of the molecule is CC[C@H](C(=O)NC(C)C)N(Cc1ccc(Cl)cc1Cl)C(=O)CN(c1cc(C)ccc1C)S(=O)(=O)c1ccccc1. The Morgan fingerprint density at radius 1 is 0.950 bits per heavy atom. The van der Waals surface area contributed by atoms with Crippen LogP contribution in [0.2, 0.25) is 10.0 Å². The molecule has 10 heteroatoms. The second-order valence-electron chi connectivity index (χ2n) is 9.96. The highest BCUT2D eigenvalue weighted by atomic mass is 35.5. The summed E-state index contributed by atoms with van der Waals surface area (Å²) in [6, 6.07) is 17.3. The first-order chi connectivity index (χ1) is 18.8. The van der Waals surface area contributed by atoms with Gasteiger partial charge in [-0.1, -0.05) is 66.5 Å². The van der Waals surface area contributed by atoms with Crippen molar-refractivity contribution < 1.29 is 18.0 Å². The first kappa shape index (κ1) is 31.5. The van der Waals surface area contributed by atoms with Crippen molar-refractivity contribution in [3.05, 3.63) is 93.5 Å². The lowest BCUT2D eigenvalue weighted by molar-refractivity contribution is -0.140. The number of aryl methyl sites for hydroxylation is 2. The number of anilines is 1. The molecule has 3 rings (SSSR count). The number of nitrogens with zero attached hydrogens (tertiary/aromatic N) is 2. The highest BCUT2D eigenvalue weighted by Crippen LogP contribution is 2.29. The first-order valence-electron chi connectivity index (χ1n) is 13.0. The molecule has 0 heterocycles. The summed E-state index contributed by atoms with van der Waals surface area (Å²) in [6.07, 6.45) is 0.310. The summed E-state index contributed by atoms with van der Waals surface area (Å²) in [5.74, 6) is -0.877. The summed E-state index contributed by atoms with van der Waals surface area (Å²) >= 11 is 12.5. The minimum Gasteiger partial charge on any atom is -0.352 e. The Kier molecular flexibility index (Phi) is 10.6. The first-order valence-corrected chi connectivity index (χ1v) is 15.2. The molecule has 0 saturated heterocycles. The van der Waals surface area contributed by atoms with Crippen LogP contribution in [0.1, 0.15) is 43.9 Å². The van der Waals surface area contributed by atoms with E-state index in [1.54, 1.807) is 56.3 Å². The molecule has 0 radical (unpaired) electrons. The number of carbonyl (C=O) groups is 2. The summed E-state index contributed by atoms with van der Waals surface area (Å²) in [4.78, 5) is 28.8. The van der Waals surface area contributed by atoms with Gasteiger partial charge in [-0.3, -0.25) is 13.9 Å². The van der Waals surface area contributed by atoms with Crippen molar-refractivity contribution in [2.75, 3.05) is 10.8 Å². The molecule has 0 aliphatic rings. The number of halogens is 2. The van der Waals surface area contributed by atoms with Crippen LogP contribution in [0, 0.1) is 13.8 Å². The lowest BCUT2D eigenvalue weighted by atomic mass is 10.1. The zero-order valence-electron chi connectivity index (χ0n) is 23.3. The molecular formula is C30H35Cl2N3O4S. The highest BCUT2D eigenvalue weighted by molar-refractivity contribution is 7.92. The van der Waals surface area contributed by atoms with Crippen molar-refractivity contribution in [3.8, 4) is 0 Å². The van der Waals surface area contributed by atoms with Gasteiger partial charge in [0.15, 0.2) is 0 Å². The average molecular weight is 605 g/mol. The van der Waals surface area contributed by atoms with Gasteiger partial charge in [0.05, 0.1) is 10.6 Å². The Hall–Kier alpha value is -3.07. The summed E-state index contributed by atoms with van der Waals surface area (Å²) in [7, 11) is -4.14. The number of hydrogen-bond acceptors (Lipinski definition) is 4. The summed E-state index contributed by atoms with van der Waals surface area (Å²) in [6.45, 7) is 8.60. The highest BCUT2D eigenvalue weighted by Gasteiger charge is 2.34. The minimum atomic E-state index is -4.14.